The van der Waals surface area contributed by atoms with Crippen molar-refractivity contribution in [1.29, 1.82) is 0 Å². The van der Waals surface area contributed by atoms with E-state index < -0.39 is 0 Å². The van der Waals surface area contributed by atoms with Crippen LogP contribution in [0.1, 0.15) is 11.3 Å². The van der Waals surface area contributed by atoms with Crippen molar-refractivity contribution in [1.82, 2.24) is 14.5 Å². The fraction of sp³-hybridized carbons (Fsp3) is 0.130. The predicted molar refractivity (Wildman–Crippen MR) is 130 cm³/mol. The Kier molecular flexibility index (Phi) is 5.76. The van der Waals surface area contributed by atoms with E-state index in [-0.39, 0.29) is 18.3 Å². The Morgan fingerprint density at radius 2 is 2.06 bits per heavy atom. The molecule has 0 bridgehead atoms. The molecule has 0 atom stereocenters. The number of aryl methyl sites for hydroxylation is 1. The number of anilines is 1. The molecule has 0 radical (unpaired) electrons. The van der Waals surface area contributed by atoms with E-state index in [0.29, 0.717) is 38.3 Å². The van der Waals surface area contributed by atoms with Crippen LogP contribution in [0.4, 0.5) is 10.1 Å². The fourth-order valence-corrected chi connectivity index (χ4v) is 4.65. The lowest BCUT2D eigenvalue weighted by molar-refractivity contribution is -0.118. The number of hydrogen-bond donors (Lipinski definition) is 1. The highest BCUT2D eigenvalue weighted by molar-refractivity contribution is 7.07. The van der Waals surface area contributed by atoms with Crippen LogP contribution in [0.2, 0.25) is 5.15 Å². The van der Waals surface area contributed by atoms with Gasteiger partial charge < -0.3 is 10.1 Å². The molecule has 2 aromatic carbocycles. The van der Waals surface area contributed by atoms with Crippen LogP contribution in [-0.2, 0) is 4.79 Å². The van der Waals surface area contributed by atoms with Crippen LogP contribution in [0.5, 0.6) is 5.75 Å². The summed E-state index contributed by atoms with van der Waals surface area (Å²) in [5, 5.41) is 14.2. The highest BCUT2D eigenvalue weighted by Crippen LogP contribution is 2.33. The molecule has 8 nitrogen and oxygen atoms in total. The second kappa shape index (κ2) is 8.88. The first-order valence-electron chi connectivity index (χ1n) is 10.2. The summed E-state index contributed by atoms with van der Waals surface area (Å²) in [6.45, 7) is 1.82. The Morgan fingerprint density at radius 3 is 2.82 bits per heavy atom. The SMILES string of the molecule is CN=c1scc(-c2ccc3c(c2)NC(=O)CO3)n1N=Cc1c(C)nn(-c2ccc(F)cc2)c1Cl. The van der Waals surface area contributed by atoms with Gasteiger partial charge in [-0.05, 0) is 49.4 Å². The number of thiazole rings is 1. The van der Waals surface area contributed by atoms with Crippen molar-refractivity contribution in [2.45, 2.75) is 6.92 Å². The normalized spacial score (nSPS) is 13.8. The molecule has 1 N–H and O–H groups in total. The lowest BCUT2D eigenvalue weighted by Crippen LogP contribution is -2.25. The van der Waals surface area contributed by atoms with E-state index in [1.54, 1.807) is 30.1 Å². The van der Waals surface area contributed by atoms with Crippen LogP contribution < -0.4 is 14.9 Å². The van der Waals surface area contributed by atoms with Gasteiger partial charge in [0, 0.05) is 18.0 Å². The van der Waals surface area contributed by atoms with Crippen LogP contribution in [0.25, 0.3) is 16.9 Å². The number of nitrogens with one attached hydrogen (secondary N) is 1. The molecule has 172 valence electrons. The number of carbonyl (C=O) groups excluding carboxylic acids is 1. The van der Waals surface area contributed by atoms with Gasteiger partial charge in [-0.25, -0.2) is 13.7 Å². The van der Waals surface area contributed by atoms with Crippen molar-refractivity contribution in [2.75, 3.05) is 19.0 Å². The van der Waals surface area contributed by atoms with Gasteiger partial charge in [-0.3, -0.25) is 9.79 Å². The Labute approximate surface area is 202 Å². The highest BCUT2D eigenvalue weighted by atomic mass is 35.5. The van der Waals surface area contributed by atoms with Crippen molar-refractivity contribution in [3.8, 4) is 22.7 Å². The molecule has 5 rings (SSSR count). The molecule has 3 heterocycles. The summed E-state index contributed by atoms with van der Waals surface area (Å²) in [5.41, 5.74) is 4.15. The number of ether oxygens (including phenoxy) is 1. The molecule has 0 saturated heterocycles. The number of benzene rings is 2. The van der Waals surface area contributed by atoms with Gasteiger partial charge in [-0.2, -0.15) is 10.2 Å². The summed E-state index contributed by atoms with van der Waals surface area (Å²) in [6, 6.07) is 11.5. The number of amides is 1. The van der Waals surface area contributed by atoms with Gasteiger partial charge in [0.2, 0.25) is 4.80 Å². The van der Waals surface area contributed by atoms with E-state index in [9.17, 15) is 9.18 Å². The Bertz CT molecular complexity index is 1500. The average molecular weight is 497 g/mol. The van der Waals surface area contributed by atoms with Crippen LogP contribution in [0.3, 0.4) is 0 Å². The number of hydrogen-bond acceptors (Lipinski definition) is 6. The van der Waals surface area contributed by atoms with Crippen molar-refractivity contribution >= 4 is 40.7 Å². The zero-order valence-corrected chi connectivity index (χ0v) is 19.7. The van der Waals surface area contributed by atoms with Crippen molar-refractivity contribution < 1.29 is 13.9 Å². The molecule has 1 amide bonds. The number of aromatic nitrogens is 3. The number of fused-ring (bicyclic) bond motifs is 1. The average Bonchev–Trinajstić information content (AvgIpc) is 3.37. The van der Waals surface area contributed by atoms with E-state index in [2.05, 4.69) is 20.5 Å². The third kappa shape index (κ3) is 4.02. The van der Waals surface area contributed by atoms with E-state index in [1.807, 2.05) is 30.5 Å². The van der Waals surface area contributed by atoms with Crippen LogP contribution >= 0.6 is 22.9 Å². The van der Waals surface area contributed by atoms with Gasteiger partial charge in [-0.1, -0.05) is 11.6 Å². The largest absolute Gasteiger partial charge is 0.482 e. The second-order valence-corrected chi connectivity index (χ2v) is 8.60. The number of rotatable bonds is 4. The van der Waals surface area contributed by atoms with Gasteiger partial charge >= 0.3 is 0 Å². The van der Waals surface area contributed by atoms with Gasteiger partial charge in [0.05, 0.1) is 34.5 Å². The van der Waals surface area contributed by atoms with Gasteiger partial charge in [0.15, 0.2) is 6.61 Å². The summed E-state index contributed by atoms with van der Waals surface area (Å²) in [7, 11) is 1.69. The molecule has 4 aromatic rings. The number of halogens is 2. The molecule has 0 saturated carbocycles. The maximum absolute atomic E-state index is 13.3. The molecule has 0 aliphatic carbocycles. The minimum atomic E-state index is -0.337. The van der Waals surface area contributed by atoms with Crippen molar-refractivity contribution in [3.63, 3.8) is 0 Å². The van der Waals surface area contributed by atoms with Gasteiger partial charge in [-0.15, -0.1) is 11.3 Å². The van der Waals surface area contributed by atoms with Crippen molar-refractivity contribution in [3.05, 3.63) is 74.9 Å². The Hall–Kier alpha value is -3.76. The topological polar surface area (TPSA) is 85.8 Å². The molecule has 0 unspecified atom stereocenters. The minimum absolute atomic E-state index is 0.000329. The van der Waals surface area contributed by atoms with Crippen LogP contribution in [0.15, 0.2) is 57.9 Å². The lowest BCUT2D eigenvalue weighted by atomic mass is 10.1. The van der Waals surface area contributed by atoms with E-state index in [4.69, 9.17) is 16.3 Å². The third-order valence-electron chi connectivity index (χ3n) is 5.21. The Morgan fingerprint density at radius 1 is 1.26 bits per heavy atom. The lowest BCUT2D eigenvalue weighted by Gasteiger charge is -2.18. The van der Waals surface area contributed by atoms with E-state index in [0.717, 1.165) is 11.3 Å². The van der Waals surface area contributed by atoms with Crippen LogP contribution in [0, 0.1) is 12.7 Å². The summed E-state index contributed by atoms with van der Waals surface area (Å²) < 4.78 is 22.0. The summed E-state index contributed by atoms with van der Waals surface area (Å²) >= 11 is 8.03. The highest BCUT2D eigenvalue weighted by Gasteiger charge is 2.18. The summed E-state index contributed by atoms with van der Waals surface area (Å²) in [5.74, 6) is 0.0779. The number of nitrogens with zero attached hydrogens (tertiary/aromatic N) is 5. The molecular formula is C23H18ClFN6O2S. The molecule has 2 aromatic heterocycles. The molecule has 0 spiro atoms. The van der Waals surface area contributed by atoms with Gasteiger partial charge in [0.1, 0.15) is 16.7 Å². The fourth-order valence-electron chi connectivity index (χ4n) is 3.53. The smallest absolute Gasteiger partial charge is 0.262 e. The quantitative estimate of drug-likeness (QED) is 0.429. The number of carbonyl (C=O) groups is 1. The molecular weight excluding hydrogens is 479 g/mol. The first-order chi connectivity index (χ1) is 16.4. The molecule has 34 heavy (non-hydrogen) atoms. The first-order valence-corrected chi connectivity index (χ1v) is 11.5. The Balaban J connectivity index is 1.54. The van der Waals surface area contributed by atoms with Gasteiger partial charge in [0.25, 0.3) is 5.91 Å². The predicted octanol–water partition coefficient (Wildman–Crippen LogP) is 4.25. The zero-order valence-electron chi connectivity index (χ0n) is 18.1. The second-order valence-electron chi connectivity index (χ2n) is 7.41. The monoisotopic (exact) mass is 496 g/mol. The van der Waals surface area contributed by atoms with Crippen LogP contribution in [-0.4, -0.2) is 40.2 Å². The molecule has 1 aliphatic heterocycles. The maximum Gasteiger partial charge on any atom is 0.262 e. The standard InChI is InChI=1S/C23H18ClFN6O2S/c1-13-17(22(24)30(29-13)16-6-4-15(25)5-7-16)10-27-31-19(12-34-23(31)26-2)14-3-8-20-18(9-14)28-21(32)11-33-20/h3-10,12H,11H2,1-2H3,(H,28,32). The summed E-state index contributed by atoms with van der Waals surface area (Å²) in [4.78, 5) is 16.7. The molecule has 11 heteroatoms. The third-order valence-corrected chi connectivity index (χ3v) is 6.48. The first kappa shape index (κ1) is 22.1. The molecule has 0 fully saturated rings. The molecule has 1 aliphatic rings. The van der Waals surface area contributed by atoms with E-state index >= 15 is 0 Å². The zero-order chi connectivity index (χ0) is 23.8. The maximum atomic E-state index is 13.3. The van der Waals surface area contributed by atoms with Crippen molar-refractivity contribution in [2.24, 2.45) is 10.1 Å². The minimum Gasteiger partial charge on any atom is -0.482 e. The van der Waals surface area contributed by atoms with E-state index in [1.165, 1.54) is 28.2 Å². The summed E-state index contributed by atoms with van der Waals surface area (Å²) in [6.07, 6.45) is 1.62.